The quantitative estimate of drug-likeness (QED) is 0.0841. The summed E-state index contributed by atoms with van der Waals surface area (Å²) in [5.74, 6) is -0.588. The van der Waals surface area contributed by atoms with Crippen molar-refractivity contribution >= 4 is 29.2 Å². The lowest BCUT2D eigenvalue weighted by Gasteiger charge is -2.15. The maximum Gasteiger partial charge on any atom is 0.303 e. The van der Waals surface area contributed by atoms with Crippen LogP contribution in [0.4, 0.5) is 0 Å². The summed E-state index contributed by atoms with van der Waals surface area (Å²) in [4.78, 5) is 35.1. The number of ether oxygens (including phenoxy) is 2. The molecule has 0 aliphatic rings. The number of carbonyl (C=O) groups excluding carboxylic acids is 1. The van der Waals surface area contributed by atoms with E-state index in [4.69, 9.17) is 14.6 Å². The standard InChI is InChI=1S/C37H41NO7S/c39-35(40)15-9-20-45-34-14-8-13-28(33(34)16-17-36(41)42)12-6-1-2-7-19-44-32-23-30(29-18-21-46-26-29)22-31(24-32)37(43)38-25-27-10-4-3-5-11-27/h3-5,8,10-11,13-14,18,21-24,26H,1-2,6-7,9,12,15-17,19-20,25H2,(H,38,43)(H,39,40)(H,41,42). The smallest absolute Gasteiger partial charge is 0.303 e. The van der Waals surface area contributed by atoms with Crippen LogP contribution in [0.15, 0.2) is 83.6 Å². The summed E-state index contributed by atoms with van der Waals surface area (Å²) in [6.45, 7) is 1.25. The van der Waals surface area contributed by atoms with Crippen molar-refractivity contribution in [3.05, 3.63) is 106 Å². The van der Waals surface area contributed by atoms with Crippen molar-refractivity contribution in [2.24, 2.45) is 0 Å². The molecule has 0 radical (unpaired) electrons. The van der Waals surface area contributed by atoms with Gasteiger partial charge in [0.15, 0.2) is 0 Å². The van der Waals surface area contributed by atoms with Crippen LogP contribution in [0.3, 0.4) is 0 Å². The number of carboxylic acids is 2. The highest BCUT2D eigenvalue weighted by Gasteiger charge is 2.13. The molecule has 0 bridgehead atoms. The summed E-state index contributed by atoms with van der Waals surface area (Å²) in [6, 6.07) is 23.3. The van der Waals surface area contributed by atoms with E-state index in [1.54, 1.807) is 17.4 Å². The van der Waals surface area contributed by atoms with E-state index >= 15 is 0 Å². The number of benzene rings is 3. The fourth-order valence-electron chi connectivity index (χ4n) is 5.15. The van der Waals surface area contributed by atoms with Gasteiger partial charge in [-0.15, -0.1) is 0 Å². The normalized spacial score (nSPS) is 10.8. The van der Waals surface area contributed by atoms with Gasteiger partial charge in [0.1, 0.15) is 11.5 Å². The zero-order chi connectivity index (χ0) is 32.6. The van der Waals surface area contributed by atoms with Crippen LogP contribution in [-0.4, -0.2) is 41.3 Å². The van der Waals surface area contributed by atoms with Gasteiger partial charge in [-0.3, -0.25) is 14.4 Å². The molecule has 0 aliphatic carbocycles. The van der Waals surface area contributed by atoms with Gasteiger partial charge in [-0.05, 0) is 101 Å². The molecule has 9 heteroatoms. The Morgan fingerprint density at radius 3 is 2.26 bits per heavy atom. The van der Waals surface area contributed by atoms with Crippen LogP contribution < -0.4 is 14.8 Å². The van der Waals surface area contributed by atoms with E-state index < -0.39 is 11.9 Å². The highest BCUT2D eigenvalue weighted by Crippen LogP contribution is 2.29. The van der Waals surface area contributed by atoms with E-state index in [-0.39, 0.29) is 25.4 Å². The highest BCUT2D eigenvalue weighted by atomic mass is 32.1. The van der Waals surface area contributed by atoms with Crippen molar-refractivity contribution in [2.45, 2.75) is 64.3 Å². The number of amides is 1. The first-order valence-electron chi connectivity index (χ1n) is 15.7. The first-order valence-corrected chi connectivity index (χ1v) is 16.6. The highest BCUT2D eigenvalue weighted by molar-refractivity contribution is 7.08. The average Bonchev–Trinajstić information content (AvgIpc) is 3.60. The van der Waals surface area contributed by atoms with Crippen LogP contribution in [0.2, 0.25) is 0 Å². The Labute approximate surface area is 274 Å². The monoisotopic (exact) mass is 643 g/mol. The Balaban J connectivity index is 1.28. The minimum Gasteiger partial charge on any atom is -0.494 e. The van der Waals surface area contributed by atoms with Crippen LogP contribution in [-0.2, 0) is 29.0 Å². The Morgan fingerprint density at radius 1 is 0.717 bits per heavy atom. The predicted octanol–water partition coefficient (Wildman–Crippen LogP) is 7.79. The van der Waals surface area contributed by atoms with Crippen molar-refractivity contribution in [1.82, 2.24) is 5.32 Å². The van der Waals surface area contributed by atoms with Gasteiger partial charge in [0.2, 0.25) is 0 Å². The molecule has 46 heavy (non-hydrogen) atoms. The van der Waals surface area contributed by atoms with Crippen LogP contribution in [0.1, 0.15) is 72.0 Å². The minimum atomic E-state index is -0.868. The van der Waals surface area contributed by atoms with Gasteiger partial charge in [-0.25, -0.2) is 0 Å². The third kappa shape index (κ3) is 11.4. The molecule has 0 atom stereocenters. The van der Waals surface area contributed by atoms with Gasteiger partial charge >= 0.3 is 11.9 Å². The summed E-state index contributed by atoms with van der Waals surface area (Å²) in [5, 5.41) is 25.2. The zero-order valence-corrected chi connectivity index (χ0v) is 26.7. The molecular weight excluding hydrogens is 602 g/mol. The summed E-state index contributed by atoms with van der Waals surface area (Å²) < 4.78 is 12.0. The van der Waals surface area contributed by atoms with Gasteiger partial charge in [0.05, 0.1) is 13.2 Å². The molecule has 0 unspecified atom stereocenters. The van der Waals surface area contributed by atoms with Crippen LogP contribution in [0, 0.1) is 0 Å². The second kappa shape index (κ2) is 18.4. The minimum absolute atomic E-state index is 0.00382. The van der Waals surface area contributed by atoms with Gasteiger partial charge in [-0.1, -0.05) is 55.3 Å². The van der Waals surface area contributed by atoms with Crippen LogP contribution >= 0.6 is 11.3 Å². The molecule has 1 amide bonds. The molecule has 242 valence electrons. The average molecular weight is 644 g/mol. The third-order valence-electron chi connectivity index (χ3n) is 7.54. The molecule has 1 aromatic heterocycles. The van der Waals surface area contributed by atoms with Gasteiger partial charge < -0.3 is 25.0 Å². The number of aryl methyl sites for hydroxylation is 1. The van der Waals surface area contributed by atoms with Crippen molar-refractivity contribution < 1.29 is 34.1 Å². The Kier molecular flexibility index (Phi) is 13.7. The SMILES string of the molecule is O=C(O)CCCOc1cccc(CCCCCCOc2cc(C(=O)NCc3ccccc3)cc(-c3ccsc3)c2)c1CCC(=O)O. The number of hydrogen-bond acceptors (Lipinski definition) is 6. The largest absolute Gasteiger partial charge is 0.494 e. The molecule has 0 fully saturated rings. The van der Waals surface area contributed by atoms with E-state index in [1.165, 1.54) is 0 Å². The van der Waals surface area contributed by atoms with E-state index in [9.17, 15) is 19.5 Å². The maximum atomic E-state index is 13.0. The topological polar surface area (TPSA) is 122 Å². The molecule has 0 saturated carbocycles. The first-order chi connectivity index (χ1) is 22.4. The summed E-state index contributed by atoms with van der Waals surface area (Å²) in [7, 11) is 0. The maximum absolute atomic E-state index is 13.0. The lowest BCUT2D eigenvalue weighted by atomic mass is 9.97. The summed E-state index contributed by atoms with van der Waals surface area (Å²) in [5.41, 5.74) is 5.53. The van der Waals surface area contributed by atoms with E-state index in [0.29, 0.717) is 43.1 Å². The number of carboxylic acid groups (broad SMARTS) is 2. The molecule has 4 rings (SSSR count). The first kappa shape index (κ1) is 34.2. The Morgan fingerprint density at radius 2 is 1.50 bits per heavy atom. The number of unbranched alkanes of at least 4 members (excludes halogenated alkanes) is 3. The lowest BCUT2D eigenvalue weighted by Crippen LogP contribution is -2.22. The second-order valence-corrected chi connectivity index (χ2v) is 11.9. The van der Waals surface area contributed by atoms with Gasteiger partial charge in [0, 0.05) is 24.9 Å². The van der Waals surface area contributed by atoms with Crippen molar-refractivity contribution in [1.29, 1.82) is 0 Å². The number of thiophene rings is 1. The molecule has 0 aliphatic heterocycles. The van der Waals surface area contributed by atoms with Crippen LogP contribution in [0.5, 0.6) is 11.5 Å². The van der Waals surface area contributed by atoms with E-state index in [2.05, 4.69) is 10.7 Å². The lowest BCUT2D eigenvalue weighted by molar-refractivity contribution is -0.138. The zero-order valence-electron chi connectivity index (χ0n) is 25.9. The molecule has 3 N–H and O–H groups in total. The number of rotatable bonds is 20. The number of hydrogen-bond donors (Lipinski definition) is 3. The van der Waals surface area contributed by atoms with Crippen LogP contribution in [0.25, 0.3) is 11.1 Å². The molecule has 8 nitrogen and oxygen atoms in total. The fourth-order valence-corrected chi connectivity index (χ4v) is 5.82. The van der Waals surface area contributed by atoms with Gasteiger partial charge in [-0.2, -0.15) is 11.3 Å². The number of nitrogens with one attached hydrogen (secondary N) is 1. The third-order valence-corrected chi connectivity index (χ3v) is 8.22. The molecule has 0 spiro atoms. The van der Waals surface area contributed by atoms with Crippen molar-refractivity contribution in [3.8, 4) is 22.6 Å². The van der Waals surface area contributed by atoms with Crippen molar-refractivity contribution in [3.63, 3.8) is 0 Å². The van der Waals surface area contributed by atoms with E-state index in [0.717, 1.165) is 59.9 Å². The predicted molar refractivity (Wildman–Crippen MR) is 180 cm³/mol. The molecule has 1 heterocycles. The van der Waals surface area contributed by atoms with E-state index in [1.807, 2.05) is 72.1 Å². The number of carbonyl (C=O) groups is 3. The summed E-state index contributed by atoms with van der Waals surface area (Å²) in [6.07, 6.45) is 5.32. The van der Waals surface area contributed by atoms with Crippen molar-refractivity contribution in [2.75, 3.05) is 13.2 Å². The molecule has 4 aromatic rings. The molecule has 3 aromatic carbocycles. The summed E-state index contributed by atoms with van der Waals surface area (Å²) >= 11 is 1.61. The molecular formula is C37H41NO7S. The number of aliphatic carboxylic acids is 2. The Hall–Kier alpha value is -4.63. The molecule has 0 saturated heterocycles. The Bertz CT molecular complexity index is 1550. The fraction of sp³-hybridized carbons (Fsp3) is 0.324. The second-order valence-electron chi connectivity index (χ2n) is 11.1. The van der Waals surface area contributed by atoms with Gasteiger partial charge in [0.25, 0.3) is 5.91 Å².